The normalized spacial score (nSPS) is 12.5. The van der Waals surface area contributed by atoms with Crippen LogP contribution in [0.1, 0.15) is 10.4 Å². The minimum Gasteiger partial charge on any atom is -0.478 e. The molecule has 0 heterocycles. The first-order chi connectivity index (χ1) is 6.43. The summed E-state index contributed by atoms with van der Waals surface area (Å²) >= 11 is -2.54. The van der Waals surface area contributed by atoms with Gasteiger partial charge in [0, 0.05) is 0 Å². The second kappa shape index (κ2) is 3.81. The summed E-state index contributed by atoms with van der Waals surface area (Å²) in [6.07, 6.45) is 0. The van der Waals surface area contributed by atoms with Gasteiger partial charge in [0.1, 0.15) is 0 Å². The van der Waals surface area contributed by atoms with Crippen LogP contribution in [0.15, 0.2) is 17.0 Å². The maximum absolute atomic E-state index is 12.8. The lowest BCUT2D eigenvalue weighted by Crippen LogP contribution is -2.05. The number of hydrogen-bond donors (Lipinski definition) is 2. The van der Waals surface area contributed by atoms with E-state index < -0.39 is 39.1 Å². The Balaban J connectivity index is 3.43. The second-order valence-electron chi connectivity index (χ2n) is 2.32. The first-order valence-electron chi connectivity index (χ1n) is 3.26. The van der Waals surface area contributed by atoms with Gasteiger partial charge in [-0.2, -0.15) is 0 Å². The molecule has 0 aliphatic heterocycles. The molecule has 7 heteroatoms. The molecule has 0 saturated heterocycles. The molecular weight excluding hydrogens is 218 g/mol. The highest BCUT2D eigenvalue weighted by Crippen LogP contribution is 2.16. The molecule has 0 aromatic heterocycles. The van der Waals surface area contributed by atoms with Crippen LogP contribution in [0.3, 0.4) is 0 Å². The topological polar surface area (TPSA) is 74.6 Å². The van der Waals surface area contributed by atoms with E-state index in [4.69, 9.17) is 9.66 Å². The van der Waals surface area contributed by atoms with Crippen LogP contribution < -0.4 is 0 Å². The van der Waals surface area contributed by atoms with E-state index >= 15 is 0 Å². The molecule has 14 heavy (non-hydrogen) atoms. The molecule has 76 valence electrons. The van der Waals surface area contributed by atoms with Gasteiger partial charge in [0.2, 0.25) is 0 Å². The Morgan fingerprint density at radius 3 is 2.36 bits per heavy atom. The quantitative estimate of drug-likeness (QED) is 0.738. The highest BCUT2D eigenvalue weighted by atomic mass is 32.2. The van der Waals surface area contributed by atoms with Crippen molar-refractivity contribution in [2.24, 2.45) is 0 Å². The van der Waals surface area contributed by atoms with Crippen molar-refractivity contribution in [1.82, 2.24) is 0 Å². The van der Waals surface area contributed by atoms with E-state index in [1.54, 1.807) is 0 Å². The number of rotatable bonds is 2. The van der Waals surface area contributed by atoms with E-state index in [0.29, 0.717) is 12.1 Å². The predicted molar refractivity (Wildman–Crippen MR) is 42.4 cm³/mol. The van der Waals surface area contributed by atoms with E-state index in [2.05, 4.69) is 0 Å². The monoisotopic (exact) mass is 222 g/mol. The van der Waals surface area contributed by atoms with Gasteiger partial charge in [0.05, 0.1) is 10.5 Å². The number of carbonyl (C=O) groups is 1. The lowest BCUT2D eigenvalue weighted by molar-refractivity contribution is 0.0690. The summed E-state index contributed by atoms with van der Waals surface area (Å²) in [5, 5.41) is 8.41. The minimum atomic E-state index is -2.54. The van der Waals surface area contributed by atoms with E-state index in [-0.39, 0.29) is 0 Å². The van der Waals surface area contributed by atoms with Crippen molar-refractivity contribution in [2.75, 3.05) is 0 Å². The average Bonchev–Trinajstić information content (AvgIpc) is 2.08. The van der Waals surface area contributed by atoms with E-state index in [1.165, 1.54) is 0 Å². The minimum absolute atomic E-state index is 0.470. The molecule has 1 aromatic rings. The summed E-state index contributed by atoms with van der Waals surface area (Å²) < 4.78 is 44.4. The zero-order valence-corrected chi connectivity index (χ0v) is 7.35. The average molecular weight is 222 g/mol. The maximum Gasteiger partial charge on any atom is 0.338 e. The highest BCUT2D eigenvalue weighted by Gasteiger charge is 2.17. The van der Waals surface area contributed by atoms with Crippen LogP contribution in [0.5, 0.6) is 0 Å². The molecule has 1 unspecified atom stereocenters. The number of benzene rings is 1. The van der Waals surface area contributed by atoms with Crippen molar-refractivity contribution in [3.05, 3.63) is 29.3 Å². The number of carboxylic acid groups (broad SMARTS) is 1. The van der Waals surface area contributed by atoms with Crippen LogP contribution >= 0.6 is 0 Å². The molecule has 0 aliphatic carbocycles. The van der Waals surface area contributed by atoms with Gasteiger partial charge >= 0.3 is 5.97 Å². The third-order valence-electron chi connectivity index (χ3n) is 1.43. The van der Waals surface area contributed by atoms with Gasteiger partial charge < -0.3 is 9.66 Å². The first kappa shape index (κ1) is 10.7. The van der Waals surface area contributed by atoms with E-state index in [9.17, 15) is 17.8 Å². The predicted octanol–water partition coefficient (Wildman–Crippen LogP) is 1.24. The Morgan fingerprint density at radius 2 is 1.93 bits per heavy atom. The van der Waals surface area contributed by atoms with Crippen LogP contribution in [0, 0.1) is 11.6 Å². The van der Waals surface area contributed by atoms with Crippen molar-refractivity contribution in [2.45, 2.75) is 4.90 Å². The number of aromatic carboxylic acids is 1. The fourth-order valence-corrected chi connectivity index (χ4v) is 1.24. The summed E-state index contributed by atoms with van der Waals surface area (Å²) in [5.74, 6) is -4.72. The SMILES string of the molecule is O=C(O)c1cc(S(=O)O)cc(F)c1F. The lowest BCUT2D eigenvalue weighted by atomic mass is 10.2. The van der Waals surface area contributed by atoms with Gasteiger partial charge in [-0.05, 0) is 12.1 Å². The molecule has 4 nitrogen and oxygen atoms in total. The van der Waals surface area contributed by atoms with Gasteiger partial charge in [-0.15, -0.1) is 0 Å². The molecule has 0 amide bonds. The summed E-state index contributed by atoms with van der Waals surface area (Å²) in [7, 11) is 0. The Kier molecular flexibility index (Phi) is 2.92. The maximum atomic E-state index is 12.8. The van der Waals surface area contributed by atoms with Crippen LogP contribution in [0.25, 0.3) is 0 Å². The van der Waals surface area contributed by atoms with E-state index in [0.717, 1.165) is 0 Å². The van der Waals surface area contributed by atoms with Crippen molar-refractivity contribution < 1.29 is 27.4 Å². The summed E-state index contributed by atoms with van der Waals surface area (Å²) in [4.78, 5) is 9.86. The molecule has 0 radical (unpaired) electrons. The molecule has 1 atom stereocenters. The first-order valence-corrected chi connectivity index (χ1v) is 4.37. The van der Waals surface area contributed by atoms with E-state index in [1.807, 2.05) is 0 Å². The third kappa shape index (κ3) is 1.94. The Morgan fingerprint density at radius 1 is 1.36 bits per heavy atom. The van der Waals surface area contributed by atoms with Gasteiger partial charge in [-0.3, -0.25) is 0 Å². The standard InChI is InChI=1S/C7H4F2O4S/c8-5-2-3(14(12)13)1-4(6(5)9)7(10)11/h1-2H,(H,10,11)(H,12,13). The summed E-state index contributed by atoms with van der Waals surface area (Å²) in [6, 6.07) is 1.08. The summed E-state index contributed by atoms with van der Waals surface area (Å²) in [6.45, 7) is 0. The smallest absolute Gasteiger partial charge is 0.338 e. The molecule has 0 bridgehead atoms. The Bertz CT molecular complexity index is 418. The molecule has 1 aromatic carbocycles. The van der Waals surface area contributed by atoms with Gasteiger partial charge in [-0.1, -0.05) is 0 Å². The zero-order valence-electron chi connectivity index (χ0n) is 6.53. The summed E-state index contributed by atoms with van der Waals surface area (Å²) in [5.41, 5.74) is -0.970. The largest absolute Gasteiger partial charge is 0.478 e. The van der Waals surface area contributed by atoms with Gasteiger partial charge in [-0.25, -0.2) is 17.8 Å². The number of halogens is 2. The third-order valence-corrected chi connectivity index (χ3v) is 2.07. The molecule has 0 fully saturated rings. The number of hydrogen-bond acceptors (Lipinski definition) is 2. The van der Waals surface area contributed by atoms with Crippen LogP contribution in [0.2, 0.25) is 0 Å². The fraction of sp³-hybridized carbons (Fsp3) is 0. The lowest BCUT2D eigenvalue weighted by Gasteiger charge is -2.01. The molecule has 0 saturated carbocycles. The van der Waals surface area contributed by atoms with Crippen molar-refractivity contribution in [3.63, 3.8) is 0 Å². The molecule has 2 N–H and O–H groups in total. The van der Waals surface area contributed by atoms with Crippen LogP contribution in [-0.2, 0) is 11.1 Å². The van der Waals surface area contributed by atoms with Crippen LogP contribution in [-0.4, -0.2) is 19.8 Å². The van der Waals surface area contributed by atoms with Gasteiger partial charge in [0.15, 0.2) is 22.7 Å². The second-order valence-corrected chi connectivity index (χ2v) is 3.29. The van der Waals surface area contributed by atoms with Crippen LogP contribution in [0.4, 0.5) is 8.78 Å². The van der Waals surface area contributed by atoms with Crippen molar-refractivity contribution in [1.29, 1.82) is 0 Å². The zero-order chi connectivity index (χ0) is 10.9. The number of carboxylic acids is 1. The Hall–Kier alpha value is -1.34. The fourth-order valence-electron chi connectivity index (χ4n) is 0.821. The molecule has 0 aliphatic rings. The van der Waals surface area contributed by atoms with Gasteiger partial charge in [0.25, 0.3) is 0 Å². The molecule has 0 spiro atoms. The Labute approximate surface area is 79.5 Å². The molecular formula is C7H4F2O4S. The molecule has 1 rings (SSSR count). The highest BCUT2D eigenvalue weighted by molar-refractivity contribution is 7.79. The van der Waals surface area contributed by atoms with Crippen molar-refractivity contribution in [3.8, 4) is 0 Å². The van der Waals surface area contributed by atoms with Crippen molar-refractivity contribution >= 4 is 17.0 Å².